The summed E-state index contributed by atoms with van der Waals surface area (Å²) in [5, 5.41) is 6.52. The van der Waals surface area contributed by atoms with Crippen LogP contribution in [0.3, 0.4) is 0 Å². The van der Waals surface area contributed by atoms with Crippen LogP contribution in [-0.2, 0) is 0 Å². The largest absolute Gasteiger partial charge is 0.331 e. The first-order valence-corrected chi connectivity index (χ1v) is 8.58. The Morgan fingerprint density at radius 1 is 1.09 bits per heavy atom. The first-order valence-electron chi connectivity index (χ1n) is 6.62. The minimum Gasteiger partial charge on any atom is -0.331 e. The highest BCUT2D eigenvalue weighted by atomic mass is 79.9. The standard InChI is InChI=1S/C16H13BrCl2N2OS/c1-8-5-11(17)14(6-9(8)2)20-16(23)21-15(22)10-3-4-12(18)13(19)7-10/h3-7H,1-2H3,(H2,20,21,22,23). The van der Waals surface area contributed by atoms with Crippen LogP contribution >= 0.6 is 51.3 Å². The molecule has 0 aliphatic carbocycles. The maximum atomic E-state index is 12.2. The van der Waals surface area contributed by atoms with Gasteiger partial charge in [-0.1, -0.05) is 23.2 Å². The zero-order valence-corrected chi connectivity index (χ0v) is 16.3. The minimum atomic E-state index is -0.360. The molecule has 0 aliphatic heterocycles. The van der Waals surface area contributed by atoms with Gasteiger partial charge < -0.3 is 5.32 Å². The Morgan fingerprint density at radius 2 is 1.74 bits per heavy atom. The lowest BCUT2D eigenvalue weighted by Gasteiger charge is -2.13. The lowest BCUT2D eigenvalue weighted by atomic mass is 10.1. The number of rotatable bonds is 2. The fourth-order valence-electron chi connectivity index (χ4n) is 1.84. The van der Waals surface area contributed by atoms with Gasteiger partial charge in [0.15, 0.2) is 5.11 Å². The second kappa shape index (κ2) is 7.62. The highest BCUT2D eigenvalue weighted by molar-refractivity contribution is 9.10. The Balaban J connectivity index is 2.09. The van der Waals surface area contributed by atoms with E-state index in [1.807, 2.05) is 26.0 Å². The van der Waals surface area contributed by atoms with Crippen molar-refractivity contribution in [2.75, 3.05) is 5.32 Å². The SMILES string of the molecule is Cc1cc(Br)c(NC(=S)NC(=O)c2ccc(Cl)c(Cl)c2)cc1C. The van der Waals surface area contributed by atoms with E-state index in [2.05, 4.69) is 26.6 Å². The van der Waals surface area contributed by atoms with E-state index in [9.17, 15) is 4.79 Å². The van der Waals surface area contributed by atoms with Crippen LogP contribution in [0.2, 0.25) is 10.0 Å². The molecule has 2 rings (SSSR count). The number of halogens is 3. The summed E-state index contributed by atoms with van der Waals surface area (Å²) in [6.07, 6.45) is 0. The first-order chi connectivity index (χ1) is 10.8. The summed E-state index contributed by atoms with van der Waals surface area (Å²) in [4.78, 5) is 12.2. The number of aryl methyl sites for hydroxylation is 2. The van der Waals surface area contributed by atoms with Crippen LogP contribution in [0.1, 0.15) is 21.5 Å². The molecule has 0 aromatic heterocycles. The number of amides is 1. The summed E-state index contributed by atoms with van der Waals surface area (Å²) in [5.41, 5.74) is 3.44. The molecule has 0 saturated heterocycles. The van der Waals surface area contributed by atoms with Gasteiger partial charge in [0, 0.05) is 10.0 Å². The number of hydrogen-bond donors (Lipinski definition) is 2. The molecule has 2 N–H and O–H groups in total. The van der Waals surface area contributed by atoms with Crippen LogP contribution in [0, 0.1) is 13.8 Å². The molecule has 0 heterocycles. The van der Waals surface area contributed by atoms with Crippen LogP contribution in [0.5, 0.6) is 0 Å². The molecule has 0 aliphatic rings. The Labute approximate surface area is 158 Å². The molecule has 0 atom stereocenters. The van der Waals surface area contributed by atoms with Crippen LogP contribution in [-0.4, -0.2) is 11.0 Å². The van der Waals surface area contributed by atoms with Crippen molar-refractivity contribution < 1.29 is 4.79 Å². The summed E-state index contributed by atoms with van der Waals surface area (Å²) in [7, 11) is 0. The lowest BCUT2D eigenvalue weighted by Crippen LogP contribution is -2.34. The lowest BCUT2D eigenvalue weighted by molar-refractivity contribution is 0.0978. The third-order valence-corrected chi connectivity index (χ3v) is 4.84. The molecule has 7 heteroatoms. The normalized spacial score (nSPS) is 10.3. The predicted octanol–water partition coefficient (Wildman–Crippen LogP) is 5.50. The molecule has 2 aromatic carbocycles. The number of benzene rings is 2. The van der Waals surface area contributed by atoms with Gasteiger partial charge in [0.1, 0.15) is 0 Å². The number of anilines is 1. The topological polar surface area (TPSA) is 41.1 Å². The van der Waals surface area contributed by atoms with Crippen LogP contribution in [0.25, 0.3) is 0 Å². The van der Waals surface area contributed by atoms with E-state index in [1.54, 1.807) is 12.1 Å². The Morgan fingerprint density at radius 3 is 2.39 bits per heavy atom. The third-order valence-electron chi connectivity index (χ3n) is 3.24. The van der Waals surface area contributed by atoms with Gasteiger partial charge in [0.25, 0.3) is 5.91 Å². The van der Waals surface area contributed by atoms with Crippen molar-refractivity contribution in [2.24, 2.45) is 0 Å². The van der Waals surface area contributed by atoms with Crippen LogP contribution < -0.4 is 10.6 Å². The third kappa shape index (κ3) is 4.67. The van der Waals surface area contributed by atoms with Gasteiger partial charge in [-0.3, -0.25) is 10.1 Å². The molecule has 23 heavy (non-hydrogen) atoms. The van der Waals surface area contributed by atoms with Gasteiger partial charge in [-0.2, -0.15) is 0 Å². The summed E-state index contributed by atoms with van der Waals surface area (Å²) < 4.78 is 0.867. The van der Waals surface area contributed by atoms with E-state index in [1.165, 1.54) is 6.07 Å². The van der Waals surface area contributed by atoms with Crippen molar-refractivity contribution in [3.8, 4) is 0 Å². The van der Waals surface area contributed by atoms with Gasteiger partial charge in [-0.25, -0.2) is 0 Å². The molecule has 3 nitrogen and oxygen atoms in total. The summed E-state index contributed by atoms with van der Waals surface area (Å²) in [5.74, 6) is -0.360. The molecule has 1 amide bonds. The number of hydrogen-bond acceptors (Lipinski definition) is 2. The van der Waals surface area contributed by atoms with Gasteiger partial charge in [0.05, 0.1) is 15.7 Å². The molecule has 0 saturated carbocycles. The summed E-state index contributed by atoms with van der Waals surface area (Å²) in [6.45, 7) is 4.03. The fourth-order valence-corrected chi connectivity index (χ4v) is 2.90. The average molecular weight is 432 g/mol. The molecule has 0 bridgehead atoms. The van der Waals surface area contributed by atoms with Gasteiger partial charge >= 0.3 is 0 Å². The quantitative estimate of drug-likeness (QED) is 0.616. The van der Waals surface area contributed by atoms with Crippen molar-refractivity contribution >= 4 is 68.1 Å². The zero-order chi connectivity index (χ0) is 17.1. The van der Waals surface area contributed by atoms with Crippen molar-refractivity contribution in [1.82, 2.24) is 5.32 Å². The summed E-state index contributed by atoms with van der Waals surface area (Å²) in [6, 6.07) is 8.58. The number of carbonyl (C=O) groups is 1. The smallest absolute Gasteiger partial charge is 0.257 e. The molecule has 0 unspecified atom stereocenters. The Hall–Kier alpha value is -1.14. The van der Waals surface area contributed by atoms with Crippen molar-refractivity contribution in [2.45, 2.75) is 13.8 Å². The van der Waals surface area contributed by atoms with Crippen molar-refractivity contribution in [1.29, 1.82) is 0 Å². The number of thiocarbonyl (C=S) groups is 1. The van der Waals surface area contributed by atoms with Gasteiger partial charge in [-0.15, -0.1) is 0 Å². The van der Waals surface area contributed by atoms with E-state index < -0.39 is 0 Å². The molecule has 0 spiro atoms. The molecule has 120 valence electrons. The molecule has 2 aromatic rings. The highest BCUT2D eigenvalue weighted by Gasteiger charge is 2.11. The Kier molecular flexibility index (Phi) is 6.03. The van der Waals surface area contributed by atoms with E-state index >= 15 is 0 Å². The maximum absolute atomic E-state index is 12.2. The van der Waals surface area contributed by atoms with Crippen LogP contribution in [0.4, 0.5) is 5.69 Å². The van der Waals surface area contributed by atoms with Gasteiger partial charge in [-0.05, 0) is 83.5 Å². The van der Waals surface area contributed by atoms with Crippen LogP contribution in [0.15, 0.2) is 34.8 Å². The van der Waals surface area contributed by atoms with Crippen molar-refractivity contribution in [3.05, 3.63) is 61.5 Å². The monoisotopic (exact) mass is 430 g/mol. The van der Waals surface area contributed by atoms with E-state index in [0.717, 1.165) is 21.3 Å². The zero-order valence-electron chi connectivity index (χ0n) is 12.3. The molecule has 0 radical (unpaired) electrons. The Bertz CT molecular complexity index is 796. The molecular formula is C16H13BrCl2N2OS. The molecule has 0 fully saturated rings. The number of carbonyl (C=O) groups excluding carboxylic acids is 1. The number of nitrogens with one attached hydrogen (secondary N) is 2. The fraction of sp³-hybridized carbons (Fsp3) is 0.125. The second-order valence-corrected chi connectivity index (χ2v) is 7.03. The average Bonchev–Trinajstić information content (AvgIpc) is 2.47. The van der Waals surface area contributed by atoms with Crippen molar-refractivity contribution in [3.63, 3.8) is 0 Å². The molecular weight excluding hydrogens is 419 g/mol. The second-order valence-electron chi connectivity index (χ2n) is 4.95. The highest BCUT2D eigenvalue weighted by Crippen LogP contribution is 2.26. The van der Waals surface area contributed by atoms with Gasteiger partial charge in [0.2, 0.25) is 0 Å². The van der Waals surface area contributed by atoms with E-state index in [0.29, 0.717) is 15.6 Å². The van der Waals surface area contributed by atoms with E-state index in [4.69, 9.17) is 35.4 Å². The first kappa shape index (κ1) is 18.2. The summed E-state index contributed by atoms with van der Waals surface area (Å²) >= 11 is 20.4. The predicted molar refractivity (Wildman–Crippen MR) is 104 cm³/mol. The minimum absolute atomic E-state index is 0.199. The maximum Gasteiger partial charge on any atom is 0.257 e. The van der Waals surface area contributed by atoms with E-state index in [-0.39, 0.29) is 11.0 Å².